The minimum atomic E-state index is -0.341. The minimum Gasteiger partial charge on any atom is -0.462 e. The summed E-state index contributed by atoms with van der Waals surface area (Å²) in [4.78, 5) is 8.94. The van der Waals surface area contributed by atoms with Crippen LogP contribution in [0.25, 0.3) is 0 Å². The molecule has 0 bridgehead atoms. The summed E-state index contributed by atoms with van der Waals surface area (Å²) in [6.07, 6.45) is 16.0. The molecule has 0 radical (unpaired) electrons. The zero-order valence-electron chi connectivity index (χ0n) is 23.9. The second-order valence-corrected chi connectivity index (χ2v) is 14.0. The Morgan fingerprint density at radius 2 is 1.44 bits per heavy atom. The second-order valence-electron chi connectivity index (χ2n) is 11.9. The SMILES string of the molecule is CC1C=CC=CC1N1C2=CC=CC3N(c4ccccc4)C4=C(Oc5ccccc5O4)B(C4=C1Sc1ccccc1S4)C23C. The van der Waals surface area contributed by atoms with Crippen molar-refractivity contribution in [3.63, 3.8) is 0 Å². The highest BCUT2D eigenvalue weighted by molar-refractivity contribution is 8.10. The maximum atomic E-state index is 6.99. The number of thioether (sulfide) groups is 2. The van der Waals surface area contributed by atoms with Crippen molar-refractivity contribution in [2.24, 2.45) is 5.92 Å². The molecule has 4 unspecified atom stereocenters. The molecule has 2 aliphatic carbocycles. The Morgan fingerprint density at radius 1 is 0.744 bits per heavy atom. The maximum Gasteiger partial charge on any atom is 0.288 e. The van der Waals surface area contributed by atoms with Gasteiger partial charge in [-0.05, 0) is 53.2 Å². The van der Waals surface area contributed by atoms with E-state index >= 15 is 0 Å². The fourth-order valence-corrected chi connectivity index (χ4v) is 10.2. The number of ether oxygens (including phenoxy) is 2. The molecule has 0 fully saturated rings. The molecule has 43 heavy (non-hydrogen) atoms. The number of fused-ring (bicyclic) bond motifs is 4. The van der Waals surface area contributed by atoms with E-state index in [2.05, 4.69) is 121 Å². The highest BCUT2D eigenvalue weighted by Gasteiger charge is 2.65. The third-order valence-electron chi connectivity index (χ3n) is 9.49. The zero-order chi connectivity index (χ0) is 28.7. The maximum absolute atomic E-state index is 6.99. The van der Waals surface area contributed by atoms with Gasteiger partial charge < -0.3 is 19.3 Å². The van der Waals surface area contributed by atoms with Crippen molar-refractivity contribution in [3.8, 4) is 11.5 Å². The van der Waals surface area contributed by atoms with E-state index in [9.17, 15) is 0 Å². The van der Waals surface area contributed by atoms with Crippen LogP contribution in [0.2, 0.25) is 5.31 Å². The van der Waals surface area contributed by atoms with E-state index in [4.69, 9.17) is 9.47 Å². The van der Waals surface area contributed by atoms with Crippen molar-refractivity contribution in [3.05, 3.63) is 148 Å². The number of benzene rings is 3. The highest BCUT2D eigenvalue weighted by Crippen LogP contribution is 2.66. The van der Waals surface area contributed by atoms with Gasteiger partial charge in [-0.15, -0.1) is 0 Å². The van der Waals surface area contributed by atoms with E-state index in [0.717, 1.165) is 28.7 Å². The first-order valence-electron chi connectivity index (χ1n) is 14.9. The Kier molecular flexibility index (Phi) is 5.67. The molecule has 0 spiro atoms. The van der Waals surface area contributed by atoms with Gasteiger partial charge in [0, 0.05) is 26.5 Å². The van der Waals surface area contributed by atoms with E-state index in [0.29, 0.717) is 5.92 Å². The molecule has 4 heterocycles. The van der Waals surface area contributed by atoms with Crippen LogP contribution in [0.15, 0.2) is 158 Å². The van der Waals surface area contributed by atoms with Gasteiger partial charge in [0.2, 0.25) is 5.88 Å². The van der Waals surface area contributed by atoms with Gasteiger partial charge in [0.15, 0.2) is 11.5 Å². The normalized spacial score (nSPS) is 27.8. The molecule has 4 atom stereocenters. The Hall–Kier alpha value is -3.94. The molecule has 6 aliphatic rings. The molecule has 4 nitrogen and oxygen atoms in total. The lowest BCUT2D eigenvalue weighted by Gasteiger charge is -2.60. The average molecular weight is 597 g/mol. The Labute approximate surface area is 261 Å². The van der Waals surface area contributed by atoms with Gasteiger partial charge in [-0.1, -0.05) is 116 Å². The summed E-state index contributed by atoms with van der Waals surface area (Å²) >= 11 is 3.80. The molecular formula is C36H29BN2O2S2. The fraction of sp³-hybridized carbons (Fsp3) is 0.167. The largest absolute Gasteiger partial charge is 0.462 e. The summed E-state index contributed by atoms with van der Waals surface area (Å²) in [6, 6.07) is 27.7. The minimum absolute atomic E-state index is 0.00486. The summed E-state index contributed by atoms with van der Waals surface area (Å²) in [5.74, 6) is 2.65. The van der Waals surface area contributed by atoms with Crippen LogP contribution in [-0.4, -0.2) is 23.7 Å². The number of anilines is 1. The number of rotatable bonds is 2. The average Bonchev–Trinajstić information content (AvgIpc) is 3.04. The first kappa shape index (κ1) is 25.6. The lowest BCUT2D eigenvalue weighted by atomic mass is 9.27. The molecule has 3 aromatic rings. The molecule has 0 aromatic heterocycles. The smallest absolute Gasteiger partial charge is 0.288 e. The molecule has 0 saturated heterocycles. The van der Waals surface area contributed by atoms with Gasteiger partial charge in [0.1, 0.15) is 5.66 Å². The first-order chi connectivity index (χ1) is 21.1. The third kappa shape index (κ3) is 3.61. The molecule has 0 saturated carbocycles. The predicted molar refractivity (Wildman–Crippen MR) is 177 cm³/mol. The monoisotopic (exact) mass is 596 g/mol. The zero-order valence-corrected chi connectivity index (χ0v) is 25.5. The van der Waals surface area contributed by atoms with Crippen molar-refractivity contribution in [1.82, 2.24) is 4.90 Å². The van der Waals surface area contributed by atoms with Crippen molar-refractivity contribution in [1.29, 1.82) is 0 Å². The predicted octanol–water partition coefficient (Wildman–Crippen LogP) is 8.82. The third-order valence-corrected chi connectivity index (χ3v) is 12.2. The van der Waals surface area contributed by atoms with E-state index in [1.54, 1.807) is 0 Å². The Morgan fingerprint density at radius 3 is 2.23 bits per heavy atom. The molecule has 210 valence electrons. The summed E-state index contributed by atoms with van der Waals surface area (Å²) in [7, 11) is 0. The number of allylic oxidation sites excluding steroid dienone is 4. The van der Waals surface area contributed by atoms with Crippen LogP contribution >= 0.6 is 23.5 Å². The Bertz CT molecular complexity index is 1860. The number of nitrogens with zero attached hydrogens (tertiary/aromatic N) is 2. The van der Waals surface area contributed by atoms with Crippen LogP contribution in [0.4, 0.5) is 5.69 Å². The van der Waals surface area contributed by atoms with Crippen molar-refractivity contribution in [2.45, 2.75) is 41.0 Å². The molecule has 0 N–H and O–H groups in total. The van der Waals surface area contributed by atoms with E-state index in [1.807, 2.05) is 47.8 Å². The number of hydrogen-bond acceptors (Lipinski definition) is 6. The van der Waals surface area contributed by atoms with Crippen LogP contribution in [0, 0.1) is 5.92 Å². The van der Waals surface area contributed by atoms with Crippen LogP contribution in [0.5, 0.6) is 11.5 Å². The van der Waals surface area contributed by atoms with E-state index in [-0.39, 0.29) is 24.1 Å². The van der Waals surface area contributed by atoms with Gasteiger partial charge in [-0.25, -0.2) is 0 Å². The second kappa shape index (κ2) is 9.53. The van der Waals surface area contributed by atoms with Gasteiger partial charge in [0.25, 0.3) is 6.71 Å². The van der Waals surface area contributed by atoms with Crippen LogP contribution in [0.3, 0.4) is 0 Å². The van der Waals surface area contributed by atoms with Crippen LogP contribution in [-0.2, 0) is 0 Å². The number of para-hydroxylation sites is 3. The fourth-order valence-electron chi connectivity index (χ4n) is 7.46. The van der Waals surface area contributed by atoms with Gasteiger partial charge in [0.05, 0.1) is 17.1 Å². The van der Waals surface area contributed by atoms with Gasteiger partial charge in [-0.3, -0.25) is 0 Å². The quantitative estimate of drug-likeness (QED) is 0.274. The molecule has 9 rings (SSSR count). The van der Waals surface area contributed by atoms with Crippen LogP contribution < -0.4 is 14.4 Å². The summed E-state index contributed by atoms with van der Waals surface area (Å²) < 4.78 is 13.8. The van der Waals surface area contributed by atoms with Gasteiger partial charge in [-0.2, -0.15) is 0 Å². The topological polar surface area (TPSA) is 24.9 Å². The number of hydrogen-bond donors (Lipinski definition) is 0. The van der Waals surface area contributed by atoms with Crippen LogP contribution in [0.1, 0.15) is 13.8 Å². The van der Waals surface area contributed by atoms with E-state index in [1.165, 1.54) is 25.3 Å². The Balaban J connectivity index is 1.33. The molecule has 4 aliphatic heterocycles. The van der Waals surface area contributed by atoms with Crippen molar-refractivity contribution >= 4 is 35.9 Å². The molecular weight excluding hydrogens is 567 g/mol. The van der Waals surface area contributed by atoms with Crippen molar-refractivity contribution < 1.29 is 9.47 Å². The summed E-state index contributed by atoms with van der Waals surface area (Å²) in [5.41, 5.74) is 3.29. The van der Waals surface area contributed by atoms with Crippen molar-refractivity contribution in [2.75, 3.05) is 4.90 Å². The lowest BCUT2D eigenvalue weighted by molar-refractivity contribution is 0.253. The summed E-state index contributed by atoms with van der Waals surface area (Å²) in [6.45, 7) is 4.74. The molecule has 3 aromatic carbocycles. The highest BCUT2D eigenvalue weighted by atomic mass is 32.2. The first-order valence-corrected chi connectivity index (χ1v) is 16.5. The lowest BCUT2D eigenvalue weighted by Crippen LogP contribution is -2.63. The van der Waals surface area contributed by atoms with E-state index < -0.39 is 0 Å². The summed E-state index contributed by atoms with van der Waals surface area (Å²) in [5, 5.41) is 0.956. The van der Waals surface area contributed by atoms with Gasteiger partial charge >= 0.3 is 0 Å². The molecule has 7 heteroatoms. The standard InChI is InChI=1S/C36H29BN2O2S2/c1-23-13-6-7-16-25(23)39-31-22-12-21-30-36(31,2)37(33-35(39)43-29-20-11-10-19-28(29)42-33)32-34(38(30)24-14-4-3-5-15-24)41-27-18-9-8-17-26(27)40-32/h3-23,25,30H,1-2H3. The molecule has 0 amide bonds.